The highest BCUT2D eigenvalue weighted by atomic mass is 35.5. The summed E-state index contributed by atoms with van der Waals surface area (Å²) < 4.78 is 70.3. The van der Waals surface area contributed by atoms with E-state index in [1.165, 1.54) is 13.5 Å². The van der Waals surface area contributed by atoms with E-state index in [1.807, 2.05) is 52.1 Å². The smallest absolute Gasteiger partial charge is 0.354 e. The third-order valence-corrected chi connectivity index (χ3v) is 11.4. The number of para-hydroxylation sites is 2. The van der Waals surface area contributed by atoms with Gasteiger partial charge in [-0.2, -0.15) is 0 Å². The van der Waals surface area contributed by atoms with Crippen molar-refractivity contribution in [1.29, 1.82) is 0 Å². The van der Waals surface area contributed by atoms with Crippen molar-refractivity contribution in [2.24, 2.45) is 14.1 Å². The van der Waals surface area contributed by atoms with Crippen LogP contribution in [0.5, 0.6) is 23.0 Å². The summed E-state index contributed by atoms with van der Waals surface area (Å²) in [7, 11) is 7.82. The minimum atomic E-state index is -3.37. The number of rotatable bonds is 15. The average molecular weight is 1090 g/mol. The summed E-state index contributed by atoms with van der Waals surface area (Å²) in [5, 5.41) is 12.0. The van der Waals surface area contributed by atoms with Crippen LogP contribution in [0, 0.1) is 0 Å². The molecule has 0 fully saturated rings. The molecule has 0 aliphatic rings. The van der Waals surface area contributed by atoms with E-state index in [1.54, 1.807) is 132 Å². The number of phenolic OH excluding ortho intramolecular Hbond substituents is 1. The number of esters is 2. The first kappa shape index (κ1) is 63.4. The molecule has 0 bridgehead atoms. The fraction of sp³-hybridized carbons (Fsp3) is 0.382. The number of hydrogen-bond acceptors (Lipinski definition) is 16. The zero-order chi connectivity index (χ0) is 56.9. The Morgan fingerprint density at radius 1 is 0.724 bits per heavy atom. The van der Waals surface area contributed by atoms with Gasteiger partial charge >= 0.3 is 11.9 Å². The van der Waals surface area contributed by atoms with Crippen LogP contribution in [0.3, 0.4) is 0 Å². The van der Waals surface area contributed by atoms with E-state index in [9.17, 15) is 23.1 Å². The molecule has 0 spiro atoms. The second-order valence-electron chi connectivity index (χ2n) is 17.5. The van der Waals surface area contributed by atoms with Crippen molar-refractivity contribution in [3.8, 4) is 23.0 Å². The van der Waals surface area contributed by atoms with E-state index in [2.05, 4.69) is 28.5 Å². The standard InChI is InChI=1S/C20H22N2O5.C12H20N2O3S.C12H13NO3.C8H10ClNO2.C3H8/c1-5-26-19(23)16-11-13-7-6-8-17(18(13)22(16)2)27-14-9-10-21-15(12-14)20(24-3)25-4;1-12(2,3)8-6-9(13)11(17-4)10(7-8)14-18(5,15)16;1-3-16-12(15)9-7-8-5-4-6-10(14)11(8)13(9)2;1-11-8(12-2)7-5-6(9)3-4-10-7;1-3-2/h6-12,20H,5H2,1-4H3;6-7,14H,13H2,1-5H3;4-7,14H,3H2,1-2H3;3-5,8H,1-2H3;3H2,1-2H3. The molecule has 21 heteroatoms. The van der Waals surface area contributed by atoms with Crippen molar-refractivity contribution in [1.82, 2.24) is 19.1 Å². The Kier molecular flexibility index (Phi) is 25.0. The number of fused-ring (bicyclic) bond motifs is 2. The number of carbonyl (C=O) groups is 2. The van der Waals surface area contributed by atoms with Gasteiger partial charge in [0.25, 0.3) is 0 Å². The van der Waals surface area contributed by atoms with Crippen LogP contribution in [0.25, 0.3) is 21.8 Å². The maximum Gasteiger partial charge on any atom is 0.354 e. The SMILES string of the molecule is CCC.CCOC(=O)c1cc2cccc(O)c2n1C.CCOC(=O)c1cc2cccc(Oc3ccnc(C(OC)OC)c3)c2n1C.COC(OC)c1cc(Cl)ccn1.COc1c(N)cc(C(C)(C)C)cc1NS(C)(=O)=O. The minimum Gasteiger partial charge on any atom is -0.506 e. The molecule has 0 amide bonds. The predicted molar refractivity (Wildman–Crippen MR) is 297 cm³/mol. The van der Waals surface area contributed by atoms with Gasteiger partial charge in [0.05, 0.1) is 60.4 Å². The topological polar surface area (TPSA) is 236 Å². The molecular weight excluding hydrogens is 1020 g/mol. The van der Waals surface area contributed by atoms with Crippen molar-refractivity contribution in [3.05, 3.63) is 131 Å². The number of benzene rings is 3. The van der Waals surface area contributed by atoms with Crippen LogP contribution in [0.15, 0.2) is 97.3 Å². The summed E-state index contributed by atoms with van der Waals surface area (Å²) in [5.41, 5.74) is 11.1. The number of nitrogens with one attached hydrogen (secondary N) is 1. The Bertz CT molecular complexity index is 3090. The number of hydrogen-bond donors (Lipinski definition) is 3. The molecule has 19 nitrogen and oxygen atoms in total. The largest absolute Gasteiger partial charge is 0.506 e. The van der Waals surface area contributed by atoms with Crippen molar-refractivity contribution in [2.45, 2.75) is 72.9 Å². The molecule has 0 aliphatic heterocycles. The third-order valence-electron chi connectivity index (χ3n) is 10.6. The van der Waals surface area contributed by atoms with Crippen LogP contribution >= 0.6 is 11.6 Å². The molecule has 76 heavy (non-hydrogen) atoms. The van der Waals surface area contributed by atoms with Crippen molar-refractivity contribution < 1.29 is 61.0 Å². The number of ether oxygens (including phenoxy) is 8. The first-order valence-corrected chi connectivity index (χ1v) is 26.3. The van der Waals surface area contributed by atoms with Gasteiger partial charge in [-0.05, 0) is 79.4 Å². The minimum absolute atomic E-state index is 0.131. The predicted octanol–water partition coefficient (Wildman–Crippen LogP) is 11.3. The van der Waals surface area contributed by atoms with Gasteiger partial charge in [0.1, 0.15) is 22.9 Å². The highest BCUT2D eigenvalue weighted by molar-refractivity contribution is 7.92. The number of aromatic nitrogens is 4. The molecule has 4 N–H and O–H groups in total. The van der Waals surface area contributed by atoms with Gasteiger partial charge in [0.15, 0.2) is 11.5 Å². The molecule has 0 unspecified atom stereocenters. The monoisotopic (exact) mass is 1090 g/mol. The summed E-state index contributed by atoms with van der Waals surface area (Å²) in [6.45, 7) is 14.5. The fourth-order valence-corrected chi connectivity index (χ4v) is 7.94. The Morgan fingerprint density at radius 3 is 1.67 bits per heavy atom. The molecular formula is C55H73ClN6O13S. The number of nitrogens with zero attached hydrogens (tertiary/aromatic N) is 4. The molecule has 0 saturated carbocycles. The van der Waals surface area contributed by atoms with E-state index < -0.39 is 22.6 Å². The summed E-state index contributed by atoms with van der Waals surface area (Å²) in [6, 6.07) is 24.8. The number of carbonyl (C=O) groups excluding carboxylic acids is 2. The molecule has 4 heterocycles. The highest BCUT2D eigenvalue weighted by Gasteiger charge is 2.21. The number of halogens is 1. The van der Waals surface area contributed by atoms with Gasteiger partial charge in [-0.25, -0.2) is 18.0 Å². The van der Waals surface area contributed by atoms with Gasteiger partial charge in [-0.1, -0.05) is 76.9 Å². The molecule has 0 saturated heterocycles. The molecule has 3 aromatic carbocycles. The number of methoxy groups -OCH3 is 5. The maximum atomic E-state index is 12.2. The second kappa shape index (κ2) is 30.0. The number of pyridine rings is 2. The molecule has 7 aromatic rings. The number of nitrogens with two attached hydrogens (primary N) is 1. The lowest BCUT2D eigenvalue weighted by Crippen LogP contribution is -2.15. The summed E-state index contributed by atoms with van der Waals surface area (Å²) in [5.74, 6) is 0.973. The van der Waals surface area contributed by atoms with Gasteiger partial charge in [0.2, 0.25) is 22.6 Å². The fourth-order valence-electron chi connectivity index (χ4n) is 7.22. The molecule has 0 aliphatic carbocycles. The maximum absolute atomic E-state index is 12.2. The zero-order valence-corrected chi connectivity index (χ0v) is 47.6. The number of aryl methyl sites for hydroxylation is 2. The Hall–Kier alpha value is -6.94. The van der Waals surface area contributed by atoms with Crippen molar-refractivity contribution in [3.63, 3.8) is 0 Å². The van der Waals surface area contributed by atoms with Crippen LogP contribution in [-0.4, -0.2) is 99.6 Å². The quantitative estimate of drug-likeness (QED) is 0.0492. The lowest BCUT2D eigenvalue weighted by molar-refractivity contribution is -0.108. The molecule has 414 valence electrons. The van der Waals surface area contributed by atoms with Crippen LogP contribution < -0.4 is 19.9 Å². The van der Waals surface area contributed by atoms with Crippen LogP contribution in [-0.2, 0) is 58.0 Å². The Labute approximate surface area is 451 Å². The highest BCUT2D eigenvalue weighted by Crippen LogP contribution is 2.38. The second-order valence-corrected chi connectivity index (χ2v) is 19.7. The Morgan fingerprint density at radius 2 is 1.21 bits per heavy atom. The van der Waals surface area contributed by atoms with E-state index in [0.29, 0.717) is 75.2 Å². The number of nitrogen functional groups attached to an aromatic ring is 1. The van der Waals surface area contributed by atoms with Crippen LogP contribution in [0.4, 0.5) is 11.4 Å². The molecule has 7 rings (SSSR count). The average Bonchev–Trinajstić information content (AvgIpc) is 3.90. The third kappa shape index (κ3) is 17.8. The lowest BCUT2D eigenvalue weighted by Gasteiger charge is -2.22. The van der Waals surface area contributed by atoms with Crippen LogP contribution in [0.1, 0.15) is 105 Å². The van der Waals surface area contributed by atoms with Crippen LogP contribution in [0.2, 0.25) is 5.02 Å². The van der Waals surface area contributed by atoms with Gasteiger partial charge in [-0.15, -0.1) is 0 Å². The van der Waals surface area contributed by atoms with Gasteiger partial charge in [-0.3, -0.25) is 14.7 Å². The number of anilines is 2. The van der Waals surface area contributed by atoms with Crippen molar-refractivity contribution in [2.75, 3.05) is 65.5 Å². The first-order valence-electron chi connectivity index (χ1n) is 24.0. The number of aromatic hydroxyl groups is 1. The molecule has 0 atom stereocenters. The van der Waals surface area contributed by atoms with E-state index in [-0.39, 0.29) is 23.1 Å². The first-order chi connectivity index (χ1) is 36.0. The Balaban J connectivity index is 0.000000273. The van der Waals surface area contributed by atoms with Gasteiger partial charge in [0, 0.05) is 76.8 Å². The number of phenols is 1. The lowest BCUT2D eigenvalue weighted by atomic mass is 9.86. The normalized spacial score (nSPS) is 11.0. The molecule has 0 radical (unpaired) electrons. The van der Waals surface area contributed by atoms with E-state index in [4.69, 9.17) is 55.2 Å². The number of sulfonamides is 1. The summed E-state index contributed by atoms with van der Waals surface area (Å²) in [6.07, 6.45) is 4.57. The van der Waals surface area contributed by atoms with Crippen molar-refractivity contribution >= 4 is 66.7 Å². The summed E-state index contributed by atoms with van der Waals surface area (Å²) in [4.78, 5) is 32.1. The van der Waals surface area contributed by atoms with E-state index >= 15 is 0 Å². The summed E-state index contributed by atoms with van der Waals surface area (Å²) >= 11 is 5.75. The van der Waals surface area contributed by atoms with Gasteiger partial charge < -0.3 is 57.9 Å². The van der Waals surface area contributed by atoms with E-state index in [0.717, 1.165) is 28.1 Å². The molecule has 4 aromatic heterocycles. The zero-order valence-electron chi connectivity index (χ0n) is 46.0.